The number of sulfonamides is 1. The molecule has 7 heteroatoms. The van der Waals surface area contributed by atoms with Gasteiger partial charge in [-0.25, -0.2) is 13.1 Å². The number of aliphatic hydroxyl groups excluding tert-OH is 1. The molecule has 6 nitrogen and oxygen atoms in total. The molecule has 0 radical (unpaired) electrons. The van der Waals surface area contributed by atoms with Crippen LogP contribution in [0.15, 0.2) is 0 Å². The van der Waals surface area contributed by atoms with Gasteiger partial charge in [0.15, 0.2) is 0 Å². The molecule has 0 aliphatic heterocycles. The Balaban J connectivity index is 4.81. The predicted molar refractivity (Wildman–Crippen MR) is 75.1 cm³/mol. The molecule has 0 saturated heterocycles. The monoisotopic (exact) mass is 294 g/mol. The SMILES string of the molecule is CC(C)CC(NS(C)(=O)=O)C(=O)NC(C)(C)CCO. The highest BCUT2D eigenvalue weighted by atomic mass is 32.2. The fraction of sp³-hybridized carbons (Fsp3) is 0.917. The first kappa shape index (κ1) is 18.3. The van der Waals surface area contributed by atoms with Crippen molar-refractivity contribution in [3.05, 3.63) is 0 Å². The van der Waals surface area contributed by atoms with Crippen LogP contribution in [0.25, 0.3) is 0 Å². The summed E-state index contributed by atoms with van der Waals surface area (Å²) in [4.78, 5) is 12.1. The second-order valence-corrected chi connectivity index (χ2v) is 7.70. The lowest BCUT2D eigenvalue weighted by molar-refractivity contribution is -0.124. The molecule has 1 unspecified atom stereocenters. The molecule has 0 fully saturated rings. The van der Waals surface area contributed by atoms with E-state index in [4.69, 9.17) is 5.11 Å². The normalized spacial score (nSPS) is 14.5. The van der Waals surface area contributed by atoms with E-state index in [1.807, 2.05) is 13.8 Å². The van der Waals surface area contributed by atoms with Crippen LogP contribution < -0.4 is 10.0 Å². The number of carbonyl (C=O) groups excluding carboxylic acids is 1. The maximum atomic E-state index is 12.1. The largest absolute Gasteiger partial charge is 0.396 e. The van der Waals surface area contributed by atoms with Gasteiger partial charge in [-0.1, -0.05) is 13.8 Å². The van der Waals surface area contributed by atoms with Crippen LogP contribution in [0.4, 0.5) is 0 Å². The minimum absolute atomic E-state index is 0.0400. The van der Waals surface area contributed by atoms with Crippen LogP contribution in [0.3, 0.4) is 0 Å². The minimum Gasteiger partial charge on any atom is -0.396 e. The van der Waals surface area contributed by atoms with Crippen LogP contribution in [0.1, 0.15) is 40.5 Å². The number of rotatable bonds is 8. The minimum atomic E-state index is -3.44. The third-order valence-electron chi connectivity index (χ3n) is 2.58. The number of aliphatic hydroxyl groups is 1. The number of amides is 1. The predicted octanol–water partition coefficient (Wildman–Crippen LogP) is 0.228. The highest BCUT2D eigenvalue weighted by Crippen LogP contribution is 2.11. The van der Waals surface area contributed by atoms with Crippen molar-refractivity contribution >= 4 is 15.9 Å². The Morgan fingerprint density at radius 1 is 1.32 bits per heavy atom. The summed E-state index contributed by atoms with van der Waals surface area (Å²) in [6.07, 6.45) is 1.87. The van der Waals surface area contributed by atoms with Crippen molar-refractivity contribution in [3.8, 4) is 0 Å². The van der Waals surface area contributed by atoms with E-state index in [0.29, 0.717) is 12.8 Å². The summed E-state index contributed by atoms with van der Waals surface area (Å²) in [7, 11) is -3.44. The molecule has 1 atom stereocenters. The Bertz CT molecular complexity index is 391. The third kappa shape index (κ3) is 8.96. The smallest absolute Gasteiger partial charge is 0.238 e. The zero-order valence-electron chi connectivity index (χ0n) is 12.4. The molecular weight excluding hydrogens is 268 g/mol. The lowest BCUT2D eigenvalue weighted by Crippen LogP contribution is -2.53. The number of hydrogen-bond acceptors (Lipinski definition) is 4. The molecule has 0 bridgehead atoms. The topological polar surface area (TPSA) is 95.5 Å². The summed E-state index contributed by atoms with van der Waals surface area (Å²) in [6, 6.07) is -0.784. The first-order valence-corrected chi connectivity index (χ1v) is 8.26. The average Bonchev–Trinajstić information content (AvgIpc) is 2.12. The lowest BCUT2D eigenvalue weighted by atomic mass is 9.98. The molecular formula is C12H26N2O4S. The maximum Gasteiger partial charge on any atom is 0.238 e. The molecule has 114 valence electrons. The summed E-state index contributed by atoms with van der Waals surface area (Å²) in [5.41, 5.74) is -0.569. The summed E-state index contributed by atoms with van der Waals surface area (Å²) >= 11 is 0. The van der Waals surface area contributed by atoms with Gasteiger partial charge in [0.25, 0.3) is 0 Å². The van der Waals surface area contributed by atoms with Crippen molar-refractivity contribution < 1.29 is 18.3 Å². The van der Waals surface area contributed by atoms with Gasteiger partial charge in [-0.15, -0.1) is 0 Å². The summed E-state index contributed by atoms with van der Waals surface area (Å²) in [5, 5.41) is 11.7. The van der Waals surface area contributed by atoms with Crippen molar-refractivity contribution in [2.24, 2.45) is 5.92 Å². The van der Waals surface area contributed by atoms with Crippen molar-refractivity contribution in [2.75, 3.05) is 12.9 Å². The highest BCUT2D eigenvalue weighted by Gasteiger charge is 2.27. The lowest BCUT2D eigenvalue weighted by Gasteiger charge is -2.28. The molecule has 0 aliphatic carbocycles. The summed E-state index contributed by atoms with van der Waals surface area (Å²) in [5.74, 6) is -0.177. The first-order chi connectivity index (χ1) is 8.47. The second kappa shape index (κ2) is 7.21. The van der Waals surface area contributed by atoms with Gasteiger partial charge in [0, 0.05) is 12.1 Å². The van der Waals surface area contributed by atoms with Gasteiger partial charge in [-0.05, 0) is 32.6 Å². The molecule has 3 N–H and O–H groups in total. The van der Waals surface area contributed by atoms with Crippen molar-refractivity contribution in [3.63, 3.8) is 0 Å². The Kier molecular flexibility index (Phi) is 6.96. The highest BCUT2D eigenvalue weighted by molar-refractivity contribution is 7.88. The maximum absolute atomic E-state index is 12.1. The standard InChI is InChI=1S/C12H26N2O4S/c1-9(2)8-10(14-19(5,17)18)11(16)13-12(3,4)6-7-15/h9-10,14-15H,6-8H2,1-5H3,(H,13,16). The van der Waals surface area contributed by atoms with E-state index >= 15 is 0 Å². The second-order valence-electron chi connectivity index (χ2n) is 5.92. The van der Waals surface area contributed by atoms with E-state index in [9.17, 15) is 13.2 Å². The van der Waals surface area contributed by atoms with Crippen LogP contribution in [0.5, 0.6) is 0 Å². The van der Waals surface area contributed by atoms with E-state index in [2.05, 4.69) is 10.0 Å². The van der Waals surface area contributed by atoms with Gasteiger partial charge < -0.3 is 10.4 Å². The molecule has 0 spiro atoms. The zero-order valence-corrected chi connectivity index (χ0v) is 13.2. The first-order valence-electron chi connectivity index (χ1n) is 6.37. The zero-order chi connectivity index (χ0) is 15.3. The van der Waals surface area contributed by atoms with E-state index in [-0.39, 0.29) is 18.4 Å². The summed E-state index contributed by atoms with van der Waals surface area (Å²) in [6.45, 7) is 7.37. The Labute approximate surface area is 116 Å². The molecule has 0 aromatic rings. The van der Waals surface area contributed by atoms with Gasteiger partial charge in [0.1, 0.15) is 6.04 Å². The molecule has 0 rings (SSSR count). The molecule has 0 aromatic heterocycles. The Morgan fingerprint density at radius 2 is 1.84 bits per heavy atom. The van der Waals surface area contributed by atoms with Crippen LogP contribution in [0, 0.1) is 5.92 Å². The molecule has 0 aromatic carbocycles. The van der Waals surface area contributed by atoms with Gasteiger partial charge in [0.05, 0.1) is 6.26 Å². The van der Waals surface area contributed by atoms with Crippen LogP contribution in [0.2, 0.25) is 0 Å². The quantitative estimate of drug-likeness (QED) is 0.597. The fourth-order valence-electron chi connectivity index (χ4n) is 1.70. The van der Waals surface area contributed by atoms with Crippen LogP contribution in [-0.4, -0.2) is 43.9 Å². The molecule has 0 saturated carbocycles. The molecule has 19 heavy (non-hydrogen) atoms. The number of nitrogens with one attached hydrogen (secondary N) is 2. The number of hydrogen-bond donors (Lipinski definition) is 3. The number of carbonyl (C=O) groups is 1. The van der Waals surface area contributed by atoms with Crippen LogP contribution in [-0.2, 0) is 14.8 Å². The molecule has 0 heterocycles. The molecule has 1 amide bonds. The summed E-state index contributed by atoms with van der Waals surface area (Å²) < 4.78 is 24.9. The van der Waals surface area contributed by atoms with Gasteiger partial charge in [-0.3, -0.25) is 4.79 Å². The molecule has 0 aliphatic rings. The van der Waals surface area contributed by atoms with E-state index in [1.54, 1.807) is 13.8 Å². The third-order valence-corrected chi connectivity index (χ3v) is 3.29. The van der Waals surface area contributed by atoms with E-state index in [1.165, 1.54) is 0 Å². The van der Waals surface area contributed by atoms with Crippen molar-refractivity contribution in [2.45, 2.75) is 52.1 Å². The van der Waals surface area contributed by atoms with Crippen molar-refractivity contribution in [1.29, 1.82) is 0 Å². The Hall–Kier alpha value is -0.660. The van der Waals surface area contributed by atoms with Crippen LogP contribution >= 0.6 is 0 Å². The fourth-order valence-corrected chi connectivity index (χ4v) is 2.42. The van der Waals surface area contributed by atoms with E-state index in [0.717, 1.165) is 6.26 Å². The van der Waals surface area contributed by atoms with Gasteiger partial charge in [0.2, 0.25) is 15.9 Å². The Morgan fingerprint density at radius 3 is 2.21 bits per heavy atom. The van der Waals surface area contributed by atoms with Crippen molar-refractivity contribution in [1.82, 2.24) is 10.0 Å². The van der Waals surface area contributed by atoms with E-state index < -0.39 is 21.6 Å². The van der Waals surface area contributed by atoms with Gasteiger partial charge >= 0.3 is 0 Å². The van der Waals surface area contributed by atoms with Gasteiger partial charge in [-0.2, -0.15) is 0 Å². The average molecular weight is 294 g/mol.